The highest BCUT2D eigenvalue weighted by Gasteiger charge is 2.36. The third-order valence-corrected chi connectivity index (χ3v) is 5.01. The standard InChI is InChI=1S/C16H31N3/c1-5-14(13(2)15-17-9-10-18-15)16(3,4)19-11-7-6-8-12-19/h5,13,15,17-18H,6-12H2,1-4H3/b14-5+. The molecule has 0 aromatic rings. The first kappa shape index (κ1) is 15.0. The second-order valence-electron chi connectivity index (χ2n) is 6.53. The minimum atomic E-state index is 0.181. The Morgan fingerprint density at radius 3 is 2.26 bits per heavy atom. The van der Waals surface area contributed by atoms with Crippen molar-refractivity contribution in [2.45, 2.75) is 58.7 Å². The van der Waals surface area contributed by atoms with Crippen molar-refractivity contribution in [3.8, 4) is 0 Å². The van der Waals surface area contributed by atoms with Crippen molar-refractivity contribution >= 4 is 0 Å². The molecule has 0 aromatic heterocycles. The summed E-state index contributed by atoms with van der Waals surface area (Å²) in [5.41, 5.74) is 1.75. The van der Waals surface area contributed by atoms with Gasteiger partial charge in [0, 0.05) is 24.5 Å². The second-order valence-corrected chi connectivity index (χ2v) is 6.53. The molecule has 0 radical (unpaired) electrons. The molecule has 2 aliphatic heterocycles. The minimum absolute atomic E-state index is 0.181. The van der Waals surface area contributed by atoms with Gasteiger partial charge in [0.25, 0.3) is 0 Å². The number of nitrogens with zero attached hydrogens (tertiary/aromatic N) is 1. The summed E-state index contributed by atoms with van der Waals surface area (Å²) in [5.74, 6) is 0.546. The number of nitrogens with one attached hydrogen (secondary N) is 2. The predicted octanol–water partition coefficient (Wildman–Crippen LogP) is 2.35. The van der Waals surface area contributed by atoms with Crippen LogP contribution in [0, 0.1) is 5.92 Å². The van der Waals surface area contributed by atoms with Gasteiger partial charge >= 0.3 is 0 Å². The SMILES string of the molecule is C/C=C(\C(C)C1NCCN1)C(C)(C)N1CCCCC1. The van der Waals surface area contributed by atoms with Crippen LogP contribution < -0.4 is 10.6 Å². The van der Waals surface area contributed by atoms with Crippen LogP contribution in [-0.2, 0) is 0 Å². The van der Waals surface area contributed by atoms with E-state index in [1.165, 1.54) is 32.4 Å². The maximum absolute atomic E-state index is 3.58. The number of rotatable bonds is 4. The van der Waals surface area contributed by atoms with Crippen molar-refractivity contribution < 1.29 is 0 Å². The Labute approximate surface area is 118 Å². The Bertz CT molecular complexity index is 310. The molecular formula is C16H31N3. The van der Waals surface area contributed by atoms with E-state index in [4.69, 9.17) is 0 Å². The first-order chi connectivity index (χ1) is 9.07. The molecule has 110 valence electrons. The van der Waals surface area contributed by atoms with Crippen molar-refractivity contribution in [2.24, 2.45) is 5.92 Å². The molecule has 1 unspecified atom stereocenters. The summed E-state index contributed by atoms with van der Waals surface area (Å²) in [6.07, 6.45) is 6.90. The zero-order valence-electron chi connectivity index (χ0n) is 13.1. The van der Waals surface area contributed by atoms with E-state index in [2.05, 4.69) is 49.3 Å². The fourth-order valence-electron chi connectivity index (χ4n) is 3.87. The molecule has 2 saturated heterocycles. The number of likely N-dealkylation sites (tertiary alicyclic amines) is 1. The van der Waals surface area contributed by atoms with Crippen molar-refractivity contribution in [3.63, 3.8) is 0 Å². The van der Waals surface area contributed by atoms with E-state index < -0.39 is 0 Å². The molecule has 2 fully saturated rings. The molecule has 2 N–H and O–H groups in total. The fourth-order valence-corrected chi connectivity index (χ4v) is 3.87. The van der Waals surface area contributed by atoms with E-state index in [1.54, 1.807) is 5.57 Å². The largest absolute Gasteiger partial charge is 0.300 e. The highest BCUT2D eigenvalue weighted by Crippen LogP contribution is 2.33. The van der Waals surface area contributed by atoms with Crippen LogP contribution in [0.3, 0.4) is 0 Å². The van der Waals surface area contributed by atoms with Gasteiger partial charge in [0.15, 0.2) is 0 Å². The molecule has 1 atom stereocenters. The van der Waals surface area contributed by atoms with Gasteiger partial charge in [0.05, 0.1) is 6.17 Å². The van der Waals surface area contributed by atoms with Gasteiger partial charge in [-0.15, -0.1) is 0 Å². The number of piperidine rings is 1. The van der Waals surface area contributed by atoms with E-state index in [9.17, 15) is 0 Å². The van der Waals surface area contributed by atoms with E-state index in [0.29, 0.717) is 12.1 Å². The zero-order chi connectivity index (χ0) is 13.9. The van der Waals surface area contributed by atoms with Gasteiger partial charge < -0.3 is 10.6 Å². The van der Waals surface area contributed by atoms with Gasteiger partial charge in [0.2, 0.25) is 0 Å². The van der Waals surface area contributed by atoms with Gasteiger partial charge in [-0.05, 0) is 52.3 Å². The maximum atomic E-state index is 3.58. The smallest absolute Gasteiger partial charge is 0.0637 e. The summed E-state index contributed by atoms with van der Waals surface area (Å²) >= 11 is 0. The molecule has 0 aromatic carbocycles. The quantitative estimate of drug-likeness (QED) is 0.764. The topological polar surface area (TPSA) is 27.3 Å². The normalized spacial score (nSPS) is 25.8. The Balaban J connectivity index is 2.10. The van der Waals surface area contributed by atoms with Crippen molar-refractivity contribution in [2.75, 3.05) is 26.2 Å². The average Bonchev–Trinajstić information content (AvgIpc) is 2.94. The lowest BCUT2D eigenvalue weighted by molar-refractivity contribution is 0.112. The summed E-state index contributed by atoms with van der Waals surface area (Å²) < 4.78 is 0. The van der Waals surface area contributed by atoms with E-state index >= 15 is 0 Å². The van der Waals surface area contributed by atoms with E-state index in [0.717, 1.165) is 13.1 Å². The summed E-state index contributed by atoms with van der Waals surface area (Å²) in [4.78, 5) is 2.68. The Kier molecular flexibility index (Phi) is 5.04. The van der Waals surface area contributed by atoms with Crippen LogP contribution >= 0.6 is 0 Å². The van der Waals surface area contributed by atoms with Crippen LogP contribution in [0.15, 0.2) is 11.6 Å². The molecule has 19 heavy (non-hydrogen) atoms. The highest BCUT2D eigenvalue weighted by atomic mass is 15.2. The molecule has 0 spiro atoms. The summed E-state index contributed by atoms with van der Waals surface area (Å²) in [6, 6.07) is 0. The van der Waals surface area contributed by atoms with Crippen molar-refractivity contribution in [1.82, 2.24) is 15.5 Å². The Morgan fingerprint density at radius 1 is 1.16 bits per heavy atom. The lowest BCUT2D eigenvalue weighted by atomic mass is 9.81. The van der Waals surface area contributed by atoms with Crippen LogP contribution in [-0.4, -0.2) is 42.8 Å². The van der Waals surface area contributed by atoms with E-state index in [1.807, 2.05) is 0 Å². The lowest BCUT2D eigenvalue weighted by Gasteiger charge is -2.45. The van der Waals surface area contributed by atoms with E-state index in [-0.39, 0.29) is 5.54 Å². The molecule has 0 amide bonds. The minimum Gasteiger partial charge on any atom is -0.300 e. The predicted molar refractivity (Wildman–Crippen MR) is 82.2 cm³/mol. The molecule has 2 aliphatic rings. The fraction of sp³-hybridized carbons (Fsp3) is 0.875. The molecule has 0 bridgehead atoms. The Hall–Kier alpha value is -0.380. The molecule has 3 nitrogen and oxygen atoms in total. The molecule has 2 heterocycles. The second kappa shape index (κ2) is 6.38. The van der Waals surface area contributed by atoms with Crippen molar-refractivity contribution in [3.05, 3.63) is 11.6 Å². The van der Waals surface area contributed by atoms with Crippen LogP contribution in [0.2, 0.25) is 0 Å². The Morgan fingerprint density at radius 2 is 1.74 bits per heavy atom. The van der Waals surface area contributed by atoms with Crippen LogP contribution in [0.4, 0.5) is 0 Å². The van der Waals surface area contributed by atoms with Crippen LogP contribution in [0.25, 0.3) is 0 Å². The molecular weight excluding hydrogens is 234 g/mol. The number of allylic oxidation sites excluding steroid dienone is 1. The van der Waals surface area contributed by atoms with Crippen LogP contribution in [0.1, 0.15) is 47.0 Å². The van der Waals surface area contributed by atoms with Crippen LogP contribution in [0.5, 0.6) is 0 Å². The number of hydrogen-bond acceptors (Lipinski definition) is 3. The van der Waals surface area contributed by atoms with Crippen molar-refractivity contribution in [1.29, 1.82) is 0 Å². The first-order valence-corrected chi connectivity index (χ1v) is 7.96. The average molecular weight is 265 g/mol. The summed E-state index contributed by atoms with van der Waals surface area (Å²) in [6.45, 7) is 14.1. The monoisotopic (exact) mass is 265 g/mol. The zero-order valence-corrected chi connectivity index (χ0v) is 13.1. The maximum Gasteiger partial charge on any atom is 0.0637 e. The van der Waals surface area contributed by atoms with Gasteiger partial charge in [0.1, 0.15) is 0 Å². The third kappa shape index (κ3) is 3.21. The lowest BCUT2D eigenvalue weighted by Crippen LogP contribution is -2.52. The van der Waals surface area contributed by atoms with Gasteiger partial charge in [-0.2, -0.15) is 0 Å². The van der Waals surface area contributed by atoms with Gasteiger partial charge in [-0.3, -0.25) is 4.90 Å². The summed E-state index contributed by atoms with van der Waals surface area (Å²) in [7, 11) is 0. The molecule has 2 rings (SSSR count). The molecule has 0 aliphatic carbocycles. The molecule has 3 heteroatoms. The third-order valence-electron chi connectivity index (χ3n) is 5.01. The molecule has 0 saturated carbocycles. The summed E-state index contributed by atoms with van der Waals surface area (Å²) in [5, 5.41) is 7.15. The first-order valence-electron chi connectivity index (χ1n) is 7.96. The van der Waals surface area contributed by atoms with Gasteiger partial charge in [-0.1, -0.05) is 19.4 Å². The van der Waals surface area contributed by atoms with Gasteiger partial charge in [-0.25, -0.2) is 0 Å². The number of hydrogen-bond donors (Lipinski definition) is 2. The highest BCUT2D eigenvalue weighted by molar-refractivity contribution is 5.22.